The number of carbonyl (C=O) groups excluding carboxylic acids is 2. The summed E-state index contributed by atoms with van der Waals surface area (Å²) in [5.74, 6) is 0.547. The number of Topliss-reactive ketones (excluding diaryl/α,β-unsaturated/α-hetero) is 1. The first-order chi connectivity index (χ1) is 12.7. The highest BCUT2D eigenvalue weighted by Gasteiger charge is 2.10. The monoisotopic (exact) mass is 349 g/mol. The van der Waals surface area contributed by atoms with Crippen molar-refractivity contribution in [3.63, 3.8) is 0 Å². The Morgan fingerprint density at radius 1 is 1.04 bits per heavy atom. The van der Waals surface area contributed by atoms with Gasteiger partial charge in [-0.25, -0.2) is 4.98 Å². The lowest BCUT2D eigenvalue weighted by Gasteiger charge is -2.04. The molecule has 1 aromatic heterocycles. The van der Waals surface area contributed by atoms with Gasteiger partial charge in [-0.05, 0) is 24.1 Å². The van der Waals surface area contributed by atoms with Crippen LogP contribution in [0.4, 0.5) is 0 Å². The number of aromatic amines is 1. The Hall–Kier alpha value is -2.95. The number of rotatable bonds is 8. The van der Waals surface area contributed by atoms with Crippen molar-refractivity contribution in [3.8, 4) is 0 Å². The average Bonchev–Trinajstić information content (AvgIpc) is 3.08. The molecule has 2 N–H and O–H groups in total. The molecule has 5 nitrogen and oxygen atoms in total. The van der Waals surface area contributed by atoms with Gasteiger partial charge in [0.25, 0.3) is 0 Å². The zero-order valence-electron chi connectivity index (χ0n) is 14.9. The highest BCUT2D eigenvalue weighted by Crippen LogP contribution is 2.11. The standard InChI is InChI=1S/C21H23N3O2/c1-2-5-15-8-10-16(11-9-15)19(25)12-13-21(26)22-14-20-23-17-6-3-4-7-18(17)24-20/h3-4,6-11H,2,5,12-14H2,1H3,(H,22,26)(H,23,24). The van der Waals surface area contributed by atoms with Gasteiger partial charge in [0, 0.05) is 18.4 Å². The Morgan fingerprint density at radius 3 is 2.54 bits per heavy atom. The normalized spacial score (nSPS) is 10.8. The van der Waals surface area contributed by atoms with Crippen LogP contribution < -0.4 is 5.32 Å². The van der Waals surface area contributed by atoms with E-state index in [1.165, 1.54) is 5.56 Å². The van der Waals surface area contributed by atoms with E-state index in [0.717, 1.165) is 23.9 Å². The lowest BCUT2D eigenvalue weighted by atomic mass is 10.0. The Labute approximate surface area is 152 Å². The second-order valence-electron chi connectivity index (χ2n) is 6.35. The number of fused-ring (bicyclic) bond motifs is 1. The third kappa shape index (κ3) is 4.57. The number of nitrogens with one attached hydrogen (secondary N) is 2. The van der Waals surface area contributed by atoms with Gasteiger partial charge in [-0.1, -0.05) is 49.7 Å². The minimum atomic E-state index is -0.151. The molecule has 0 aliphatic rings. The maximum absolute atomic E-state index is 12.2. The van der Waals surface area contributed by atoms with E-state index in [9.17, 15) is 9.59 Å². The zero-order chi connectivity index (χ0) is 18.4. The molecule has 0 bridgehead atoms. The number of ketones is 1. The predicted molar refractivity (Wildman–Crippen MR) is 102 cm³/mol. The molecule has 134 valence electrons. The summed E-state index contributed by atoms with van der Waals surface area (Å²) in [6, 6.07) is 15.4. The zero-order valence-corrected chi connectivity index (χ0v) is 14.9. The lowest BCUT2D eigenvalue weighted by Crippen LogP contribution is -2.23. The highest BCUT2D eigenvalue weighted by atomic mass is 16.2. The van der Waals surface area contributed by atoms with Crippen LogP contribution in [0.15, 0.2) is 48.5 Å². The first kappa shape index (κ1) is 17.9. The molecule has 0 aliphatic heterocycles. The second kappa shape index (κ2) is 8.43. The first-order valence-electron chi connectivity index (χ1n) is 8.98. The molecule has 0 radical (unpaired) electrons. The van der Waals surface area contributed by atoms with Crippen LogP contribution in [0.5, 0.6) is 0 Å². The van der Waals surface area contributed by atoms with Gasteiger partial charge in [0.15, 0.2) is 5.78 Å². The molecule has 1 heterocycles. The molecule has 1 amide bonds. The molecule has 0 saturated heterocycles. The van der Waals surface area contributed by atoms with Crippen molar-refractivity contribution < 1.29 is 9.59 Å². The summed E-state index contributed by atoms with van der Waals surface area (Å²) in [4.78, 5) is 31.8. The summed E-state index contributed by atoms with van der Waals surface area (Å²) >= 11 is 0. The number of H-pyrrole nitrogens is 1. The minimum Gasteiger partial charge on any atom is -0.349 e. The molecular weight excluding hydrogens is 326 g/mol. The third-order valence-corrected chi connectivity index (χ3v) is 4.29. The van der Waals surface area contributed by atoms with Crippen molar-refractivity contribution in [1.29, 1.82) is 0 Å². The molecule has 3 rings (SSSR count). The molecule has 0 saturated carbocycles. The SMILES string of the molecule is CCCc1ccc(C(=O)CCC(=O)NCc2nc3ccccc3[nH]2)cc1. The number of imidazole rings is 1. The largest absolute Gasteiger partial charge is 0.349 e. The van der Waals surface area contributed by atoms with Crippen molar-refractivity contribution in [2.75, 3.05) is 0 Å². The van der Waals surface area contributed by atoms with Crippen LogP contribution in [-0.2, 0) is 17.8 Å². The van der Waals surface area contributed by atoms with E-state index in [4.69, 9.17) is 0 Å². The first-order valence-corrected chi connectivity index (χ1v) is 8.98. The molecule has 0 aliphatic carbocycles. The smallest absolute Gasteiger partial charge is 0.220 e. The minimum absolute atomic E-state index is 0.00747. The molecule has 3 aromatic rings. The van der Waals surface area contributed by atoms with E-state index in [2.05, 4.69) is 22.2 Å². The number of hydrogen-bond acceptors (Lipinski definition) is 3. The van der Waals surface area contributed by atoms with E-state index >= 15 is 0 Å². The van der Waals surface area contributed by atoms with Crippen molar-refractivity contribution in [2.24, 2.45) is 0 Å². The Morgan fingerprint density at radius 2 is 1.81 bits per heavy atom. The van der Waals surface area contributed by atoms with Gasteiger partial charge in [-0.2, -0.15) is 0 Å². The van der Waals surface area contributed by atoms with E-state index in [-0.39, 0.29) is 24.5 Å². The van der Waals surface area contributed by atoms with Gasteiger partial charge in [-0.15, -0.1) is 0 Å². The maximum atomic E-state index is 12.2. The Balaban J connectivity index is 1.46. The highest BCUT2D eigenvalue weighted by molar-refractivity contribution is 5.97. The van der Waals surface area contributed by atoms with Crippen molar-refractivity contribution >= 4 is 22.7 Å². The molecule has 0 spiro atoms. The molecule has 0 atom stereocenters. The number of aromatic nitrogens is 2. The summed E-state index contributed by atoms with van der Waals surface area (Å²) in [7, 11) is 0. The fourth-order valence-electron chi connectivity index (χ4n) is 2.88. The van der Waals surface area contributed by atoms with Crippen LogP contribution in [0, 0.1) is 0 Å². The Bertz CT molecular complexity index is 864. The van der Waals surface area contributed by atoms with E-state index in [0.29, 0.717) is 17.9 Å². The summed E-state index contributed by atoms with van der Waals surface area (Å²) in [6.07, 6.45) is 2.48. The van der Waals surface area contributed by atoms with E-state index in [1.807, 2.05) is 48.5 Å². The third-order valence-electron chi connectivity index (χ3n) is 4.29. The number of hydrogen-bond donors (Lipinski definition) is 2. The number of para-hydroxylation sites is 2. The topological polar surface area (TPSA) is 74.8 Å². The number of aryl methyl sites for hydroxylation is 1. The lowest BCUT2D eigenvalue weighted by molar-refractivity contribution is -0.121. The maximum Gasteiger partial charge on any atom is 0.220 e. The quantitative estimate of drug-likeness (QED) is 0.608. The second-order valence-corrected chi connectivity index (χ2v) is 6.35. The number of benzene rings is 2. The summed E-state index contributed by atoms with van der Waals surface area (Å²) in [5.41, 5.74) is 3.71. The van der Waals surface area contributed by atoms with E-state index in [1.54, 1.807) is 0 Å². The van der Waals surface area contributed by atoms with Gasteiger partial charge in [0.1, 0.15) is 5.82 Å². The fraction of sp³-hybridized carbons (Fsp3) is 0.286. The number of carbonyl (C=O) groups is 2. The Kier molecular flexibility index (Phi) is 5.79. The molecule has 2 aromatic carbocycles. The van der Waals surface area contributed by atoms with Crippen molar-refractivity contribution in [2.45, 2.75) is 39.2 Å². The molecule has 5 heteroatoms. The number of nitrogens with zero attached hydrogens (tertiary/aromatic N) is 1. The summed E-state index contributed by atoms with van der Waals surface area (Å²) < 4.78 is 0. The van der Waals surface area contributed by atoms with Crippen LogP contribution >= 0.6 is 0 Å². The molecule has 0 unspecified atom stereocenters. The number of amides is 1. The van der Waals surface area contributed by atoms with Crippen molar-refractivity contribution in [3.05, 3.63) is 65.5 Å². The van der Waals surface area contributed by atoms with Crippen LogP contribution in [0.3, 0.4) is 0 Å². The molecule has 0 fully saturated rings. The summed E-state index contributed by atoms with van der Waals surface area (Å²) in [6.45, 7) is 2.45. The van der Waals surface area contributed by atoms with Crippen LogP contribution in [-0.4, -0.2) is 21.7 Å². The average molecular weight is 349 g/mol. The van der Waals surface area contributed by atoms with Crippen LogP contribution in [0.2, 0.25) is 0 Å². The molecule has 26 heavy (non-hydrogen) atoms. The summed E-state index contributed by atoms with van der Waals surface area (Å²) in [5, 5.41) is 2.81. The van der Waals surface area contributed by atoms with Gasteiger partial charge < -0.3 is 10.3 Å². The predicted octanol–water partition coefficient (Wildman–Crippen LogP) is 3.79. The van der Waals surface area contributed by atoms with Gasteiger partial charge in [0.05, 0.1) is 17.6 Å². The van der Waals surface area contributed by atoms with Gasteiger partial charge >= 0.3 is 0 Å². The van der Waals surface area contributed by atoms with Gasteiger partial charge in [0.2, 0.25) is 5.91 Å². The fourth-order valence-corrected chi connectivity index (χ4v) is 2.88. The van der Waals surface area contributed by atoms with E-state index < -0.39 is 0 Å². The molecular formula is C21H23N3O2. The van der Waals surface area contributed by atoms with Crippen LogP contribution in [0.1, 0.15) is 47.9 Å². The van der Waals surface area contributed by atoms with Crippen LogP contribution in [0.25, 0.3) is 11.0 Å². The van der Waals surface area contributed by atoms with Crippen molar-refractivity contribution in [1.82, 2.24) is 15.3 Å². The van der Waals surface area contributed by atoms with Gasteiger partial charge in [-0.3, -0.25) is 9.59 Å².